The highest BCUT2D eigenvalue weighted by Crippen LogP contribution is 2.33. The zero-order chi connectivity index (χ0) is 15.1. The highest BCUT2D eigenvalue weighted by atomic mass is 32.2. The van der Waals surface area contributed by atoms with E-state index in [1.165, 1.54) is 0 Å². The number of rotatable bonds is 5. The van der Waals surface area contributed by atoms with Gasteiger partial charge in [-0.05, 0) is 31.2 Å². The van der Waals surface area contributed by atoms with Crippen molar-refractivity contribution < 1.29 is 9.53 Å². The summed E-state index contributed by atoms with van der Waals surface area (Å²) in [5.41, 5.74) is 0. The topological polar surface area (TPSA) is 53.3 Å². The molecule has 1 aromatic carbocycles. The minimum Gasteiger partial charge on any atom is -0.493 e. The van der Waals surface area contributed by atoms with Gasteiger partial charge in [0.05, 0.1) is 19.1 Å². The van der Waals surface area contributed by atoms with Crippen molar-refractivity contribution in [2.45, 2.75) is 24.0 Å². The highest BCUT2D eigenvalue weighted by Gasteiger charge is 2.35. The number of ether oxygens (including phenoxy) is 1. The molecule has 1 heterocycles. The Labute approximate surface area is 130 Å². The Bertz CT molecular complexity index is 505. The molecule has 0 spiro atoms. The SMILES string of the molecule is CSC1(C#N)CCN(C(=O)CCOc2ccccc2)CC1. The van der Waals surface area contributed by atoms with Crippen LogP contribution in [0.2, 0.25) is 0 Å². The smallest absolute Gasteiger partial charge is 0.226 e. The molecule has 5 heteroatoms. The molecule has 0 N–H and O–H groups in total. The first kappa shape index (κ1) is 15.7. The zero-order valence-electron chi connectivity index (χ0n) is 12.2. The first-order valence-electron chi connectivity index (χ1n) is 7.11. The molecule has 21 heavy (non-hydrogen) atoms. The van der Waals surface area contributed by atoms with Crippen LogP contribution in [0, 0.1) is 11.3 Å². The second-order valence-corrected chi connectivity index (χ2v) is 6.29. The van der Waals surface area contributed by atoms with Gasteiger partial charge < -0.3 is 9.64 Å². The maximum Gasteiger partial charge on any atom is 0.226 e. The first-order valence-corrected chi connectivity index (χ1v) is 8.34. The summed E-state index contributed by atoms with van der Waals surface area (Å²) in [4.78, 5) is 14.0. The number of carbonyl (C=O) groups excluding carboxylic acids is 1. The van der Waals surface area contributed by atoms with E-state index in [1.54, 1.807) is 11.8 Å². The van der Waals surface area contributed by atoms with Gasteiger partial charge in [0.25, 0.3) is 0 Å². The third kappa shape index (κ3) is 4.15. The number of hydrogen-bond donors (Lipinski definition) is 0. The summed E-state index contributed by atoms with van der Waals surface area (Å²) in [5.74, 6) is 0.897. The van der Waals surface area contributed by atoms with Crippen LogP contribution in [0.25, 0.3) is 0 Å². The molecule has 0 radical (unpaired) electrons. The summed E-state index contributed by atoms with van der Waals surface area (Å²) in [6, 6.07) is 11.9. The standard InChI is InChI=1S/C16H20N2O2S/c1-21-16(13-17)8-10-18(11-9-16)15(19)7-12-20-14-5-3-2-4-6-14/h2-6H,7-12H2,1H3. The van der Waals surface area contributed by atoms with E-state index in [0.717, 1.165) is 18.6 Å². The molecule has 1 aliphatic heterocycles. The number of likely N-dealkylation sites (tertiary alicyclic amines) is 1. The normalized spacial score (nSPS) is 17.0. The lowest BCUT2D eigenvalue weighted by Gasteiger charge is -2.36. The van der Waals surface area contributed by atoms with Crippen LogP contribution in [-0.4, -0.2) is 41.5 Å². The van der Waals surface area contributed by atoms with Crippen molar-refractivity contribution in [1.29, 1.82) is 5.26 Å². The van der Waals surface area contributed by atoms with Crippen molar-refractivity contribution in [3.05, 3.63) is 30.3 Å². The average molecular weight is 304 g/mol. The zero-order valence-corrected chi connectivity index (χ0v) is 13.1. The molecule has 0 saturated carbocycles. The molecule has 0 aliphatic carbocycles. The molecule has 1 amide bonds. The van der Waals surface area contributed by atoms with Gasteiger partial charge >= 0.3 is 0 Å². The van der Waals surface area contributed by atoms with Crippen molar-refractivity contribution in [3.8, 4) is 11.8 Å². The maximum absolute atomic E-state index is 12.1. The molecule has 112 valence electrons. The lowest BCUT2D eigenvalue weighted by Crippen LogP contribution is -2.44. The fourth-order valence-corrected chi connectivity index (χ4v) is 3.09. The average Bonchev–Trinajstić information content (AvgIpc) is 2.56. The van der Waals surface area contributed by atoms with Crippen LogP contribution in [0.5, 0.6) is 5.75 Å². The number of nitrogens with zero attached hydrogens (tertiary/aromatic N) is 2. The lowest BCUT2D eigenvalue weighted by atomic mass is 9.97. The van der Waals surface area contributed by atoms with E-state index in [0.29, 0.717) is 26.1 Å². The number of para-hydroxylation sites is 1. The van der Waals surface area contributed by atoms with Gasteiger partial charge in [-0.15, -0.1) is 11.8 Å². The van der Waals surface area contributed by atoms with Crippen LogP contribution in [-0.2, 0) is 4.79 Å². The molecule has 2 rings (SSSR count). The van der Waals surface area contributed by atoms with Crippen LogP contribution < -0.4 is 4.74 Å². The van der Waals surface area contributed by atoms with E-state index >= 15 is 0 Å². The molecule has 0 aromatic heterocycles. The number of carbonyl (C=O) groups is 1. The van der Waals surface area contributed by atoms with Gasteiger partial charge in [0.1, 0.15) is 10.5 Å². The van der Waals surface area contributed by atoms with E-state index in [1.807, 2.05) is 41.5 Å². The second kappa shape index (κ2) is 7.37. The van der Waals surface area contributed by atoms with Crippen molar-refractivity contribution in [2.24, 2.45) is 0 Å². The van der Waals surface area contributed by atoms with Gasteiger partial charge in [-0.3, -0.25) is 4.79 Å². The number of benzene rings is 1. The van der Waals surface area contributed by atoms with Gasteiger partial charge in [-0.1, -0.05) is 18.2 Å². The Kier molecular flexibility index (Phi) is 5.51. The van der Waals surface area contributed by atoms with Crippen LogP contribution in [0.4, 0.5) is 0 Å². The summed E-state index contributed by atoms with van der Waals surface area (Å²) < 4.78 is 5.24. The molecular weight excluding hydrogens is 284 g/mol. The molecule has 0 atom stereocenters. The fourth-order valence-electron chi connectivity index (χ4n) is 2.41. The van der Waals surface area contributed by atoms with Crippen molar-refractivity contribution in [3.63, 3.8) is 0 Å². The molecule has 0 bridgehead atoms. The Morgan fingerprint density at radius 3 is 2.62 bits per heavy atom. The van der Waals surface area contributed by atoms with E-state index in [4.69, 9.17) is 4.74 Å². The summed E-state index contributed by atoms with van der Waals surface area (Å²) in [7, 11) is 0. The number of nitriles is 1. The van der Waals surface area contributed by atoms with E-state index in [9.17, 15) is 10.1 Å². The summed E-state index contributed by atoms with van der Waals surface area (Å²) >= 11 is 1.60. The number of piperidine rings is 1. The molecule has 4 nitrogen and oxygen atoms in total. The Morgan fingerprint density at radius 2 is 2.05 bits per heavy atom. The summed E-state index contributed by atoms with van der Waals surface area (Å²) in [6.45, 7) is 1.72. The van der Waals surface area contributed by atoms with E-state index < -0.39 is 0 Å². The lowest BCUT2D eigenvalue weighted by molar-refractivity contribution is -0.132. The van der Waals surface area contributed by atoms with Crippen LogP contribution in [0.3, 0.4) is 0 Å². The van der Waals surface area contributed by atoms with Gasteiger partial charge in [0, 0.05) is 13.1 Å². The summed E-state index contributed by atoms with van der Waals surface area (Å²) in [5, 5.41) is 9.24. The molecule has 1 saturated heterocycles. The van der Waals surface area contributed by atoms with E-state index in [-0.39, 0.29) is 10.7 Å². The fraction of sp³-hybridized carbons (Fsp3) is 0.500. The third-order valence-electron chi connectivity index (χ3n) is 3.85. The summed E-state index contributed by atoms with van der Waals surface area (Å²) in [6.07, 6.45) is 3.84. The van der Waals surface area contributed by atoms with Crippen molar-refractivity contribution in [1.82, 2.24) is 4.90 Å². The number of amides is 1. The largest absolute Gasteiger partial charge is 0.493 e. The Balaban J connectivity index is 1.74. The van der Waals surface area contributed by atoms with Crippen molar-refractivity contribution >= 4 is 17.7 Å². The quantitative estimate of drug-likeness (QED) is 0.839. The highest BCUT2D eigenvalue weighted by molar-refractivity contribution is 8.00. The molecule has 1 fully saturated rings. The predicted molar refractivity (Wildman–Crippen MR) is 84.2 cm³/mol. The molecule has 0 unspecified atom stereocenters. The van der Waals surface area contributed by atoms with Gasteiger partial charge in [0.15, 0.2) is 0 Å². The Hall–Kier alpha value is -1.67. The third-order valence-corrected chi connectivity index (χ3v) is 5.13. The van der Waals surface area contributed by atoms with Gasteiger partial charge in [-0.25, -0.2) is 0 Å². The van der Waals surface area contributed by atoms with Crippen molar-refractivity contribution in [2.75, 3.05) is 26.0 Å². The second-order valence-electron chi connectivity index (χ2n) is 5.10. The Morgan fingerprint density at radius 1 is 1.38 bits per heavy atom. The molecular formula is C16H20N2O2S. The van der Waals surface area contributed by atoms with Crippen LogP contribution in [0.15, 0.2) is 30.3 Å². The minimum absolute atomic E-state index is 0.110. The van der Waals surface area contributed by atoms with Crippen LogP contribution in [0.1, 0.15) is 19.3 Å². The predicted octanol–water partition coefficient (Wildman–Crippen LogP) is 2.70. The van der Waals surface area contributed by atoms with Gasteiger partial charge in [-0.2, -0.15) is 5.26 Å². The van der Waals surface area contributed by atoms with Crippen LogP contribution >= 0.6 is 11.8 Å². The monoisotopic (exact) mass is 304 g/mol. The minimum atomic E-state index is -0.308. The van der Waals surface area contributed by atoms with Gasteiger partial charge in [0.2, 0.25) is 5.91 Å². The maximum atomic E-state index is 12.1. The molecule has 1 aliphatic rings. The van der Waals surface area contributed by atoms with E-state index in [2.05, 4.69) is 6.07 Å². The molecule has 1 aromatic rings. The number of thioether (sulfide) groups is 1. The number of hydrogen-bond acceptors (Lipinski definition) is 4. The first-order chi connectivity index (χ1) is 10.2.